The first-order valence-corrected chi connectivity index (χ1v) is 22.9. The van der Waals surface area contributed by atoms with Crippen molar-refractivity contribution < 1.29 is 50.2 Å². The van der Waals surface area contributed by atoms with E-state index in [-0.39, 0.29) is 36.3 Å². The number of nitrogens with zero attached hydrogens (tertiary/aromatic N) is 5. The Morgan fingerprint density at radius 1 is 0.894 bits per heavy atom. The Labute approximate surface area is 377 Å². The summed E-state index contributed by atoms with van der Waals surface area (Å²) in [5.74, 6) is -4.62. The SMILES string of the molecule is C=C1CCC(N2C(=O)c3ccc(OCCOCCN4CCN(c5ccc(-c6cnc7[nH]cc(C(=O)c8c(F)ccc(NS(=O)(=O)N9CC[C@@H](F)C9)c8F)c7c6)cc5)CC4)cc3C2=O)C(=O)N1. The van der Waals surface area contributed by atoms with Gasteiger partial charge in [-0.05, 0) is 73.4 Å². The summed E-state index contributed by atoms with van der Waals surface area (Å²) in [6, 6.07) is 15.0. The predicted octanol–water partition coefficient (Wildman–Crippen LogP) is 5.05. The molecule has 0 radical (unpaired) electrons. The number of rotatable bonds is 15. The minimum Gasteiger partial charge on any atom is -0.491 e. The Balaban J connectivity index is 0.745. The Bertz CT molecular complexity index is 2870. The van der Waals surface area contributed by atoms with Crippen LogP contribution in [0, 0.1) is 11.6 Å². The van der Waals surface area contributed by atoms with Crippen LogP contribution >= 0.6 is 0 Å². The first-order valence-electron chi connectivity index (χ1n) is 21.5. The number of carbonyl (C=O) groups excluding carboxylic acids is 4. The number of allylic oxidation sites excluding steroid dienone is 1. The summed E-state index contributed by atoms with van der Waals surface area (Å²) in [7, 11) is -4.36. The highest BCUT2D eigenvalue weighted by atomic mass is 32.2. The first-order chi connectivity index (χ1) is 31.8. The highest BCUT2D eigenvalue weighted by Gasteiger charge is 2.44. The van der Waals surface area contributed by atoms with Gasteiger partial charge in [-0.3, -0.25) is 33.7 Å². The number of piperidine rings is 1. The van der Waals surface area contributed by atoms with Crippen molar-refractivity contribution in [2.75, 3.05) is 75.3 Å². The quantitative estimate of drug-likeness (QED) is 0.0726. The molecule has 20 heteroatoms. The number of fused-ring (bicyclic) bond motifs is 2. The number of piperazine rings is 1. The topological polar surface area (TPSA) is 187 Å². The third-order valence-electron chi connectivity index (χ3n) is 12.3. The van der Waals surface area contributed by atoms with E-state index in [0.29, 0.717) is 54.1 Å². The predicted molar refractivity (Wildman–Crippen MR) is 237 cm³/mol. The number of nitrogens with one attached hydrogen (secondary N) is 3. The van der Waals surface area contributed by atoms with Crippen molar-refractivity contribution in [1.82, 2.24) is 29.4 Å². The fourth-order valence-electron chi connectivity index (χ4n) is 8.66. The van der Waals surface area contributed by atoms with Gasteiger partial charge >= 0.3 is 10.2 Å². The summed E-state index contributed by atoms with van der Waals surface area (Å²) in [5, 5.41) is 2.94. The number of hydrogen-bond donors (Lipinski definition) is 3. The molecule has 3 saturated heterocycles. The van der Waals surface area contributed by atoms with E-state index in [1.165, 1.54) is 12.3 Å². The second kappa shape index (κ2) is 18.3. The Morgan fingerprint density at radius 3 is 2.41 bits per heavy atom. The lowest BCUT2D eigenvalue weighted by molar-refractivity contribution is -0.125. The van der Waals surface area contributed by atoms with Crippen LogP contribution in [-0.4, -0.2) is 134 Å². The molecule has 1 unspecified atom stereocenters. The maximum absolute atomic E-state index is 15.7. The molecule has 6 heterocycles. The smallest absolute Gasteiger partial charge is 0.301 e. The van der Waals surface area contributed by atoms with Crippen LogP contribution in [0.5, 0.6) is 5.75 Å². The third kappa shape index (κ3) is 8.88. The molecule has 3 fully saturated rings. The second-order valence-corrected chi connectivity index (χ2v) is 18.1. The van der Waals surface area contributed by atoms with Gasteiger partial charge in [0.25, 0.3) is 11.8 Å². The number of H-pyrrole nitrogens is 1. The van der Waals surface area contributed by atoms with Gasteiger partial charge in [0.2, 0.25) is 11.7 Å². The van der Waals surface area contributed by atoms with Crippen LogP contribution in [0.25, 0.3) is 22.2 Å². The number of ketones is 1. The zero-order valence-corrected chi connectivity index (χ0v) is 36.3. The number of alkyl halides is 1. The average Bonchev–Trinajstić information content (AvgIpc) is 4.01. The molecule has 2 aromatic heterocycles. The molecule has 3 aromatic carbocycles. The van der Waals surface area contributed by atoms with Crippen molar-refractivity contribution in [3.63, 3.8) is 0 Å². The summed E-state index contributed by atoms with van der Waals surface area (Å²) < 4.78 is 84.6. The summed E-state index contributed by atoms with van der Waals surface area (Å²) in [5.41, 5.74) is 2.12. The van der Waals surface area contributed by atoms with Crippen LogP contribution in [0.3, 0.4) is 0 Å². The molecule has 0 aliphatic carbocycles. The molecule has 4 aliphatic rings. The van der Waals surface area contributed by atoms with E-state index in [1.807, 2.05) is 29.0 Å². The highest BCUT2D eigenvalue weighted by Crippen LogP contribution is 2.33. The van der Waals surface area contributed by atoms with Crippen molar-refractivity contribution in [2.24, 2.45) is 0 Å². The summed E-state index contributed by atoms with van der Waals surface area (Å²) >= 11 is 0. The minimum atomic E-state index is -4.36. The van der Waals surface area contributed by atoms with Crippen LogP contribution in [0.4, 0.5) is 24.5 Å². The summed E-state index contributed by atoms with van der Waals surface area (Å²) in [4.78, 5) is 65.3. The van der Waals surface area contributed by atoms with Crippen LogP contribution in [0.15, 0.2) is 85.3 Å². The molecular formula is C46H45F3N8O8S. The standard InChI is InChI=1S/C46H45F3N8O8S/c1-27-2-11-39(44(59)52-27)57-45(60)33-8-7-32(23-35(33)46(57)61)65-21-20-64-19-18-54-14-16-55(17-15-54)31-5-3-28(4-6-31)29-22-34-36(25-51-43(34)50-24-29)42(58)40-37(48)9-10-38(41(40)49)53-66(62,63)56-13-12-30(47)26-56/h3-10,22-25,30,39,53H,1-2,11-21,26H2,(H,50,51)(H,52,59)/t30-,39?/m1/s1. The van der Waals surface area contributed by atoms with Crippen LogP contribution < -0.4 is 19.7 Å². The molecule has 4 aliphatic heterocycles. The molecule has 3 N–H and O–H groups in total. The van der Waals surface area contributed by atoms with Gasteiger partial charge in [-0.1, -0.05) is 18.7 Å². The normalized spacial score (nSPS) is 19.4. The van der Waals surface area contributed by atoms with Gasteiger partial charge in [-0.25, -0.2) is 18.2 Å². The fraction of sp³-hybridized carbons (Fsp3) is 0.326. The Hall–Kier alpha value is -6.61. The fourth-order valence-corrected chi connectivity index (χ4v) is 9.93. The van der Waals surface area contributed by atoms with Crippen molar-refractivity contribution in [2.45, 2.75) is 31.5 Å². The molecule has 0 spiro atoms. The largest absolute Gasteiger partial charge is 0.491 e. The van der Waals surface area contributed by atoms with Crippen molar-refractivity contribution in [3.8, 4) is 16.9 Å². The van der Waals surface area contributed by atoms with Gasteiger partial charge in [-0.15, -0.1) is 0 Å². The summed E-state index contributed by atoms with van der Waals surface area (Å²) in [6.07, 6.45) is 2.37. The highest BCUT2D eigenvalue weighted by molar-refractivity contribution is 7.90. The van der Waals surface area contributed by atoms with Crippen LogP contribution in [0.1, 0.15) is 55.9 Å². The zero-order chi connectivity index (χ0) is 46.3. The van der Waals surface area contributed by atoms with E-state index in [2.05, 4.69) is 31.7 Å². The van der Waals surface area contributed by atoms with E-state index in [0.717, 1.165) is 65.3 Å². The van der Waals surface area contributed by atoms with Crippen molar-refractivity contribution >= 4 is 56.1 Å². The molecule has 9 rings (SSSR count). The summed E-state index contributed by atoms with van der Waals surface area (Å²) in [6.45, 7) is 8.24. The monoisotopic (exact) mass is 926 g/mol. The number of anilines is 2. The van der Waals surface area contributed by atoms with E-state index in [9.17, 15) is 32.0 Å². The lowest BCUT2D eigenvalue weighted by Gasteiger charge is -2.36. The first kappa shape index (κ1) is 44.6. The molecule has 0 bridgehead atoms. The molecule has 0 saturated carbocycles. The van der Waals surface area contributed by atoms with Gasteiger partial charge in [0.05, 0.1) is 35.6 Å². The van der Waals surface area contributed by atoms with Gasteiger partial charge in [0.1, 0.15) is 36.0 Å². The van der Waals surface area contributed by atoms with Gasteiger partial charge < -0.3 is 24.7 Å². The number of aromatic nitrogens is 2. The maximum atomic E-state index is 15.7. The van der Waals surface area contributed by atoms with Crippen LogP contribution in [-0.2, 0) is 19.7 Å². The third-order valence-corrected chi connectivity index (χ3v) is 13.8. The number of imide groups is 1. The number of aromatic amines is 1. The number of halogens is 3. The van der Waals surface area contributed by atoms with Crippen molar-refractivity contribution in [3.05, 3.63) is 119 Å². The minimum absolute atomic E-state index is 0.00390. The number of carbonyl (C=O) groups is 4. The van der Waals surface area contributed by atoms with E-state index >= 15 is 8.78 Å². The zero-order valence-electron chi connectivity index (χ0n) is 35.5. The number of hydrogen-bond acceptors (Lipinski definition) is 11. The van der Waals surface area contributed by atoms with Crippen molar-refractivity contribution in [1.29, 1.82) is 0 Å². The van der Waals surface area contributed by atoms with E-state index < -0.39 is 75.4 Å². The average molecular weight is 927 g/mol. The molecule has 3 amide bonds. The molecule has 344 valence electrons. The molecule has 66 heavy (non-hydrogen) atoms. The molecule has 16 nitrogen and oxygen atoms in total. The van der Waals surface area contributed by atoms with Gasteiger partial charge in [0.15, 0.2) is 5.82 Å². The number of amides is 3. The second-order valence-electron chi connectivity index (χ2n) is 16.5. The Kier molecular flexibility index (Phi) is 12.4. The number of pyridine rings is 1. The molecule has 2 atom stereocenters. The van der Waals surface area contributed by atoms with E-state index in [1.54, 1.807) is 24.4 Å². The number of ether oxygens (including phenoxy) is 2. The number of benzene rings is 3. The Morgan fingerprint density at radius 2 is 1.67 bits per heavy atom. The lowest BCUT2D eigenvalue weighted by atomic mass is 9.99. The lowest BCUT2D eigenvalue weighted by Crippen LogP contribution is -2.51. The van der Waals surface area contributed by atoms with E-state index in [4.69, 9.17) is 9.47 Å². The molecule has 5 aromatic rings. The van der Waals surface area contributed by atoms with Gasteiger partial charge in [-0.2, -0.15) is 12.7 Å². The van der Waals surface area contributed by atoms with Gasteiger partial charge in [0, 0.05) is 86.1 Å². The maximum Gasteiger partial charge on any atom is 0.301 e. The molecular weight excluding hydrogens is 882 g/mol. The van der Waals surface area contributed by atoms with Crippen LogP contribution in [0.2, 0.25) is 0 Å².